The van der Waals surface area contributed by atoms with Crippen molar-refractivity contribution < 1.29 is 4.39 Å². The number of fused-ring (bicyclic) bond motifs is 1. The van der Waals surface area contributed by atoms with Crippen LogP contribution in [0.3, 0.4) is 0 Å². The molecule has 2 nitrogen and oxygen atoms in total. The molecule has 0 spiro atoms. The van der Waals surface area contributed by atoms with Crippen molar-refractivity contribution in [2.45, 2.75) is 26.2 Å². The van der Waals surface area contributed by atoms with Crippen LogP contribution in [0.5, 0.6) is 0 Å². The van der Waals surface area contributed by atoms with E-state index in [4.69, 9.17) is 5.73 Å². The molecule has 0 radical (unpaired) electrons. The number of halogens is 1. The Kier molecular flexibility index (Phi) is 3.48. The maximum Gasteiger partial charge on any atom is 0.135 e. The molecular formula is C14H19FN2. The Hall–Kier alpha value is -1.35. The molecule has 1 aromatic carbocycles. The molecule has 0 fully saturated rings. The van der Waals surface area contributed by atoms with Gasteiger partial charge in [0.15, 0.2) is 0 Å². The quantitative estimate of drug-likeness (QED) is 0.810. The number of benzene rings is 1. The van der Waals surface area contributed by atoms with E-state index in [9.17, 15) is 4.39 Å². The third kappa shape index (κ3) is 2.20. The van der Waals surface area contributed by atoms with Crippen molar-refractivity contribution in [1.29, 1.82) is 0 Å². The third-order valence-electron chi connectivity index (χ3n) is 3.38. The predicted octanol–water partition coefficient (Wildman–Crippen LogP) is 2.91. The Morgan fingerprint density at radius 2 is 2.06 bits per heavy atom. The second kappa shape index (κ2) is 4.88. The summed E-state index contributed by atoms with van der Waals surface area (Å²) in [4.78, 5) is 0. The minimum atomic E-state index is -0.0665. The molecule has 1 aromatic heterocycles. The van der Waals surface area contributed by atoms with Crippen LogP contribution in [-0.2, 0) is 13.5 Å². The Labute approximate surface area is 101 Å². The van der Waals surface area contributed by atoms with Crippen LogP contribution >= 0.6 is 0 Å². The van der Waals surface area contributed by atoms with Crippen molar-refractivity contribution in [2.75, 3.05) is 6.54 Å². The molecule has 0 amide bonds. The fourth-order valence-corrected chi connectivity index (χ4v) is 2.21. The van der Waals surface area contributed by atoms with E-state index < -0.39 is 0 Å². The summed E-state index contributed by atoms with van der Waals surface area (Å²) < 4.78 is 16.3. The molecule has 1 heterocycles. The first-order chi connectivity index (χ1) is 8.15. The number of nitrogens with zero attached hydrogens (tertiary/aromatic N) is 1. The molecule has 92 valence electrons. The van der Waals surface area contributed by atoms with E-state index >= 15 is 0 Å². The van der Waals surface area contributed by atoms with E-state index in [1.807, 2.05) is 36.7 Å². The van der Waals surface area contributed by atoms with Gasteiger partial charge in [-0.15, -0.1) is 0 Å². The van der Waals surface area contributed by atoms with E-state index in [2.05, 4.69) is 0 Å². The van der Waals surface area contributed by atoms with Crippen molar-refractivity contribution in [3.63, 3.8) is 0 Å². The second-order valence-electron chi connectivity index (χ2n) is 4.56. The van der Waals surface area contributed by atoms with Crippen LogP contribution in [0, 0.1) is 12.7 Å². The molecule has 3 heteroatoms. The number of hydrogen-bond donors (Lipinski definition) is 1. The molecule has 17 heavy (non-hydrogen) atoms. The average Bonchev–Trinajstić information content (AvgIpc) is 2.60. The normalized spacial score (nSPS) is 11.3. The van der Waals surface area contributed by atoms with Gasteiger partial charge >= 0.3 is 0 Å². The summed E-state index contributed by atoms with van der Waals surface area (Å²) in [5, 5.41) is 0.732. The highest BCUT2D eigenvalue weighted by molar-refractivity contribution is 5.82. The van der Waals surface area contributed by atoms with Gasteiger partial charge in [-0.05, 0) is 50.4 Å². The van der Waals surface area contributed by atoms with Crippen LogP contribution in [-0.4, -0.2) is 11.1 Å². The maximum atomic E-state index is 14.2. The van der Waals surface area contributed by atoms with Gasteiger partial charge < -0.3 is 10.3 Å². The largest absolute Gasteiger partial charge is 0.348 e. The van der Waals surface area contributed by atoms with E-state index in [0.717, 1.165) is 41.4 Å². The molecular weight excluding hydrogens is 215 g/mol. The lowest BCUT2D eigenvalue weighted by atomic mass is 10.1. The fourth-order valence-electron chi connectivity index (χ4n) is 2.21. The highest BCUT2D eigenvalue weighted by atomic mass is 19.1. The minimum absolute atomic E-state index is 0.0665. The van der Waals surface area contributed by atoms with Gasteiger partial charge in [0.1, 0.15) is 5.82 Å². The summed E-state index contributed by atoms with van der Waals surface area (Å²) in [5.74, 6) is -0.0665. The zero-order valence-corrected chi connectivity index (χ0v) is 10.5. The number of unbranched alkanes of at least 4 members (excludes halogenated alkanes) is 1. The van der Waals surface area contributed by atoms with E-state index in [1.54, 1.807) is 0 Å². The molecule has 0 bridgehead atoms. The summed E-state index contributed by atoms with van der Waals surface area (Å²) in [6.45, 7) is 2.67. The standard InChI is InChI=1S/C14H19FN2/c1-10-9-12-13(17(10)2)7-6-11(14(12)15)5-3-4-8-16/h6-7,9H,3-5,8,16H2,1-2H3. The zero-order valence-electron chi connectivity index (χ0n) is 10.5. The maximum absolute atomic E-state index is 14.2. The molecule has 2 aromatic rings. The van der Waals surface area contributed by atoms with Gasteiger partial charge in [0.2, 0.25) is 0 Å². The van der Waals surface area contributed by atoms with Crippen LogP contribution < -0.4 is 5.73 Å². The lowest BCUT2D eigenvalue weighted by Crippen LogP contribution is -2.00. The lowest BCUT2D eigenvalue weighted by molar-refractivity contribution is 0.612. The van der Waals surface area contributed by atoms with Gasteiger partial charge in [-0.1, -0.05) is 6.07 Å². The topological polar surface area (TPSA) is 30.9 Å². The summed E-state index contributed by atoms with van der Waals surface area (Å²) in [6.07, 6.45) is 2.67. The Balaban J connectivity index is 2.36. The lowest BCUT2D eigenvalue weighted by Gasteiger charge is -2.05. The summed E-state index contributed by atoms with van der Waals surface area (Å²) in [5.41, 5.74) is 8.29. The van der Waals surface area contributed by atoms with Crippen LogP contribution in [0.1, 0.15) is 24.1 Å². The van der Waals surface area contributed by atoms with Gasteiger partial charge in [-0.25, -0.2) is 4.39 Å². The van der Waals surface area contributed by atoms with Crippen LogP contribution in [0.2, 0.25) is 0 Å². The van der Waals surface area contributed by atoms with Gasteiger partial charge in [0, 0.05) is 18.1 Å². The molecule has 0 unspecified atom stereocenters. The van der Waals surface area contributed by atoms with E-state index in [0.29, 0.717) is 6.54 Å². The van der Waals surface area contributed by atoms with Crippen LogP contribution in [0.15, 0.2) is 18.2 Å². The number of hydrogen-bond acceptors (Lipinski definition) is 1. The number of nitrogens with two attached hydrogens (primary N) is 1. The van der Waals surface area contributed by atoms with Gasteiger partial charge in [0.25, 0.3) is 0 Å². The number of aryl methyl sites for hydroxylation is 3. The van der Waals surface area contributed by atoms with Gasteiger partial charge in [-0.3, -0.25) is 0 Å². The highest BCUT2D eigenvalue weighted by Gasteiger charge is 2.10. The van der Waals surface area contributed by atoms with Crippen molar-refractivity contribution in [1.82, 2.24) is 4.57 Å². The summed E-state index contributed by atoms with van der Waals surface area (Å²) in [6, 6.07) is 5.81. The Bertz CT molecular complexity index is 528. The van der Waals surface area contributed by atoms with Crippen LogP contribution in [0.4, 0.5) is 4.39 Å². The van der Waals surface area contributed by atoms with Crippen molar-refractivity contribution in [3.05, 3.63) is 35.3 Å². The fraction of sp³-hybridized carbons (Fsp3) is 0.429. The summed E-state index contributed by atoms with van der Waals surface area (Å²) >= 11 is 0. The minimum Gasteiger partial charge on any atom is -0.348 e. The molecule has 0 saturated heterocycles. The number of rotatable bonds is 4. The Morgan fingerprint density at radius 1 is 1.29 bits per heavy atom. The van der Waals surface area contributed by atoms with Crippen LogP contribution in [0.25, 0.3) is 10.9 Å². The number of aromatic nitrogens is 1. The third-order valence-corrected chi connectivity index (χ3v) is 3.38. The van der Waals surface area contributed by atoms with E-state index in [1.165, 1.54) is 0 Å². The second-order valence-corrected chi connectivity index (χ2v) is 4.56. The SMILES string of the molecule is Cc1cc2c(F)c(CCCCN)ccc2n1C. The summed E-state index contributed by atoms with van der Waals surface area (Å²) in [7, 11) is 1.96. The highest BCUT2D eigenvalue weighted by Crippen LogP contribution is 2.24. The van der Waals surface area contributed by atoms with Crippen molar-refractivity contribution in [3.8, 4) is 0 Å². The average molecular weight is 234 g/mol. The monoisotopic (exact) mass is 234 g/mol. The molecule has 2 rings (SSSR count). The molecule has 2 N–H and O–H groups in total. The van der Waals surface area contributed by atoms with Crippen molar-refractivity contribution >= 4 is 10.9 Å². The van der Waals surface area contributed by atoms with Gasteiger partial charge in [-0.2, -0.15) is 0 Å². The molecule has 0 aliphatic rings. The van der Waals surface area contributed by atoms with Crippen molar-refractivity contribution in [2.24, 2.45) is 12.8 Å². The first-order valence-electron chi connectivity index (χ1n) is 6.08. The first-order valence-corrected chi connectivity index (χ1v) is 6.08. The zero-order chi connectivity index (χ0) is 12.4. The molecule has 0 aliphatic heterocycles. The molecule has 0 aliphatic carbocycles. The Morgan fingerprint density at radius 3 is 2.76 bits per heavy atom. The first kappa shape index (κ1) is 12.1. The molecule has 0 atom stereocenters. The predicted molar refractivity (Wildman–Crippen MR) is 69.6 cm³/mol. The molecule has 0 saturated carbocycles. The van der Waals surface area contributed by atoms with E-state index in [-0.39, 0.29) is 5.82 Å². The van der Waals surface area contributed by atoms with Gasteiger partial charge in [0.05, 0.1) is 5.52 Å². The smallest absolute Gasteiger partial charge is 0.135 e.